The molecule has 0 fully saturated rings. The fourth-order valence-electron chi connectivity index (χ4n) is 3.29. The molecule has 0 aliphatic carbocycles. The van der Waals surface area contributed by atoms with Crippen LogP contribution in [0.4, 0.5) is 23.2 Å². The molecule has 1 heterocycles. The number of ketones is 1. The van der Waals surface area contributed by atoms with Gasteiger partial charge >= 0.3 is 5.97 Å². The number of methoxy groups -OCH3 is 1. The molecule has 15 heteroatoms. The summed E-state index contributed by atoms with van der Waals surface area (Å²) in [7, 11) is 1.27. The molecule has 0 saturated carbocycles. The molecule has 0 bridgehead atoms. The van der Waals surface area contributed by atoms with Gasteiger partial charge in [-0.15, -0.1) is 0 Å². The zero-order valence-corrected chi connectivity index (χ0v) is 20.1. The van der Waals surface area contributed by atoms with E-state index < -0.39 is 83.3 Å². The summed E-state index contributed by atoms with van der Waals surface area (Å²) in [6, 6.07) is -0.525. The third-order valence-electron chi connectivity index (χ3n) is 5.06. The van der Waals surface area contributed by atoms with Crippen LogP contribution in [0, 0.1) is 23.3 Å². The lowest BCUT2D eigenvalue weighted by Crippen LogP contribution is -2.48. The highest BCUT2D eigenvalue weighted by atomic mass is 19.2. The van der Waals surface area contributed by atoms with E-state index in [1.165, 1.54) is 32.4 Å². The number of hydrogen-bond acceptors (Lipinski definition) is 7. The predicted molar refractivity (Wildman–Crippen MR) is 121 cm³/mol. The summed E-state index contributed by atoms with van der Waals surface area (Å²) in [5, 5.41) is 13.6. The Morgan fingerprint density at radius 1 is 1.08 bits per heavy atom. The lowest BCUT2D eigenvalue weighted by atomic mass is 10.1. The van der Waals surface area contributed by atoms with Gasteiger partial charge < -0.3 is 29.8 Å². The number of ether oxygens (including phenoxy) is 2. The molecule has 38 heavy (non-hydrogen) atoms. The lowest BCUT2D eigenvalue weighted by Gasteiger charge is -2.22. The molecule has 0 spiro atoms. The van der Waals surface area contributed by atoms with Crippen LogP contribution in [0.5, 0.6) is 5.75 Å². The maximum Gasteiger partial charge on any atom is 0.305 e. The fourth-order valence-corrected chi connectivity index (χ4v) is 3.29. The van der Waals surface area contributed by atoms with Gasteiger partial charge in [-0.1, -0.05) is 6.92 Å². The Labute approximate surface area is 212 Å². The van der Waals surface area contributed by atoms with E-state index in [0.717, 1.165) is 4.57 Å². The van der Waals surface area contributed by atoms with Crippen LogP contribution < -0.4 is 20.9 Å². The average Bonchev–Trinajstić information content (AvgIpc) is 2.84. The molecule has 0 aliphatic heterocycles. The SMILES string of the molecule is CCC(C(=O)N[C@@H](CC(=O)O)C(=O)COc1c(F)c(F)cc(F)c1F)n1cccc(NC(=O)COC)c1=O. The summed E-state index contributed by atoms with van der Waals surface area (Å²) < 4.78 is 64.5. The van der Waals surface area contributed by atoms with Crippen molar-refractivity contribution < 1.29 is 51.3 Å². The summed E-state index contributed by atoms with van der Waals surface area (Å²) in [6.45, 7) is -0.0933. The highest BCUT2D eigenvalue weighted by molar-refractivity contribution is 5.94. The Balaban J connectivity index is 2.25. The standard InChI is InChI=1S/C23H23F4N3O8/c1-3-15(30-6-4-5-13(23(30)36)28-17(32)10-37-2)22(35)29-14(8-18(33)34)16(31)9-38-21-19(26)11(24)7-12(25)20(21)27/h4-7,14-15H,3,8-10H2,1-2H3,(H,28,32)(H,29,35)(H,33,34)/t14-,15?/m0/s1. The van der Waals surface area contributed by atoms with E-state index in [0.29, 0.717) is 0 Å². The van der Waals surface area contributed by atoms with E-state index in [-0.39, 0.29) is 24.8 Å². The first-order chi connectivity index (χ1) is 17.9. The number of amides is 2. The number of aliphatic carboxylic acids is 1. The Bertz CT molecular complexity index is 1260. The van der Waals surface area contributed by atoms with Crippen molar-refractivity contribution in [2.45, 2.75) is 31.8 Å². The maximum absolute atomic E-state index is 13.8. The minimum atomic E-state index is -1.92. The molecule has 0 radical (unpaired) electrons. The fraction of sp³-hybridized carbons (Fsp3) is 0.348. The first-order valence-corrected chi connectivity index (χ1v) is 10.9. The molecular weight excluding hydrogens is 522 g/mol. The van der Waals surface area contributed by atoms with Gasteiger partial charge in [0, 0.05) is 19.4 Å². The van der Waals surface area contributed by atoms with E-state index >= 15 is 0 Å². The molecule has 3 N–H and O–H groups in total. The van der Waals surface area contributed by atoms with Gasteiger partial charge in [-0.2, -0.15) is 8.78 Å². The Morgan fingerprint density at radius 3 is 2.26 bits per heavy atom. The van der Waals surface area contributed by atoms with Crippen molar-refractivity contribution in [1.82, 2.24) is 9.88 Å². The molecule has 206 valence electrons. The second-order valence-electron chi connectivity index (χ2n) is 7.75. The second-order valence-corrected chi connectivity index (χ2v) is 7.75. The van der Waals surface area contributed by atoms with Crippen LogP contribution in [0.15, 0.2) is 29.2 Å². The van der Waals surface area contributed by atoms with E-state index in [1.807, 2.05) is 0 Å². The number of rotatable bonds is 13. The highest BCUT2D eigenvalue weighted by Gasteiger charge is 2.30. The summed E-state index contributed by atoms with van der Waals surface area (Å²) in [4.78, 5) is 61.3. The van der Waals surface area contributed by atoms with Crippen molar-refractivity contribution >= 4 is 29.3 Å². The minimum Gasteiger partial charge on any atom is -0.481 e. The molecule has 1 aromatic heterocycles. The number of carboxylic acids is 1. The van der Waals surface area contributed by atoms with Crippen LogP contribution >= 0.6 is 0 Å². The lowest BCUT2D eigenvalue weighted by molar-refractivity contribution is -0.140. The van der Waals surface area contributed by atoms with Crippen molar-refractivity contribution in [1.29, 1.82) is 0 Å². The average molecular weight is 545 g/mol. The third-order valence-corrected chi connectivity index (χ3v) is 5.06. The molecule has 1 unspecified atom stereocenters. The molecule has 2 aromatic rings. The molecule has 1 aromatic carbocycles. The van der Waals surface area contributed by atoms with Gasteiger partial charge in [0.1, 0.15) is 31.0 Å². The van der Waals surface area contributed by atoms with Crippen molar-refractivity contribution in [3.8, 4) is 5.75 Å². The summed E-state index contributed by atoms with van der Waals surface area (Å²) in [5.41, 5.74) is -0.971. The number of carboxylic acid groups (broad SMARTS) is 1. The Morgan fingerprint density at radius 2 is 1.71 bits per heavy atom. The molecule has 0 saturated heterocycles. The minimum absolute atomic E-state index is 0.0231. The van der Waals surface area contributed by atoms with Gasteiger partial charge in [-0.3, -0.25) is 24.0 Å². The number of aromatic nitrogens is 1. The number of halogens is 4. The van der Waals surface area contributed by atoms with Crippen LogP contribution in [0.1, 0.15) is 25.8 Å². The highest BCUT2D eigenvalue weighted by Crippen LogP contribution is 2.26. The normalized spacial score (nSPS) is 12.4. The molecule has 11 nitrogen and oxygen atoms in total. The molecule has 2 amide bonds. The Hall–Kier alpha value is -4.27. The number of Topliss-reactive ketones (excluding diaryl/α,β-unsaturated/α-hetero) is 1. The van der Waals surface area contributed by atoms with E-state index in [9.17, 15) is 41.5 Å². The number of carbonyl (C=O) groups excluding carboxylic acids is 3. The quantitative estimate of drug-likeness (QED) is 0.253. The first kappa shape index (κ1) is 30.0. The zero-order valence-electron chi connectivity index (χ0n) is 20.1. The zero-order chi connectivity index (χ0) is 28.6. The maximum atomic E-state index is 13.8. The number of hydrogen-bond donors (Lipinski definition) is 3. The summed E-state index contributed by atoms with van der Waals surface area (Å²) >= 11 is 0. The molecular formula is C23H23F4N3O8. The summed E-state index contributed by atoms with van der Waals surface area (Å²) in [6.07, 6.45) is 0.211. The first-order valence-electron chi connectivity index (χ1n) is 10.9. The van der Waals surface area contributed by atoms with Crippen LogP contribution in [-0.4, -0.2) is 59.6 Å². The van der Waals surface area contributed by atoms with Crippen molar-refractivity contribution in [3.63, 3.8) is 0 Å². The molecule has 0 aliphatic rings. The number of benzene rings is 1. The predicted octanol–water partition coefficient (Wildman–Crippen LogP) is 1.55. The smallest absolute Gasteiger partial charge is 0.305 e. The van der Waals surface area contributed by atoms with Gasteiger partial charge in [-0.05, 0) is 18.6 Å². The molecule has 2 atom stereocenters. The van der Waals surface area contributed by atoms with Crippen LogP contribution in [0.3, 0.4) is 0 Å². The number of nitrogens with zero attached hydrogens (tertiary/aromatic N) is 1. The van der Waals surface area contributed by atoms with E-state index in [4.69, 9.17) is 5.11 Å². The number of carbonyl (C=O) groups is 4. The van der Waals surface area contributed by atoms with E-state index in [2.05, 4.69) is 20.1 Å². The van der Waals surface area contributed by atoms with Gasteiger partial charge in [0.2, 0.25) is 23.4 Å². The van der Waals surface area contributed by atoms with Crippen LogP contribution in [-0.2, 0) is 23.9 Å². The summed E-state index contributed by atoms with van der Waals surface area (Å²) in [5.74, 6) is -13.3. The van der Waals surface area contributed by atoms with Gasteiger partial charge in [0.05, 0.1) is 6.42 Å². The molecule has 2 rings (SSSR count). The monoisotopic (exact) mass is 545 g/mol. The van der Waals surface area contributed by atoms with Crippen LogP contribution in [0.25, 0.3) is 0 Å². The number of nitrogens with one attached hydrogen (secondary N) is 2. The van der Waals surface area contributed by atoms with Crippen LogP contribution in [0.2, 0.25) is 0 Å². The number of anilines is 1. The van der Waals surface area contributed by atoms with E-state index in [1.54, 1.807) is 0 Å². The van der Waals surface area contributed by atoms with Crippen molar-refractivity contribution in [2.75, 3.05) is 25.6 Å². The topological polar surface area (TPSA) is 153 Å². The largest absolute Gasteiger partial charge is 0.481 e. The van der Waals surface area contributed by atoms with Crippen molar-refractivity contribution in [3.05, 3.63) is 58.0 Å². The van der Waals surface area contributed by atoms with Gasteiger partial charge in [0.25, 0.3) is 5.56 Å². The van der Waals surface area contributed by atoms with Gasteiger partial charge in [-0.25, -0.2) is 8.78 Å². The number of pyridine rings is 1. The van der Waals surface area contributed by atoms with Crippen molar-refractivity contribution in [2.24, 2.45) is 0 Å². The van der Waals surface area contributed by atoms with Gasteiger partial charge in [0.15, 0.2) is 23.2 Å². The third kappa shape index (κ3) is 7.38. The Kier molecular flexibility index (Phi) is 10.5. The second kappa shape index (κ2) is 13.3.